The number of thioether (sulfide) groups is 1. The normalized spacial score (nSPS) is 17.8. The fourth-order valence-electron chi connectivity index (χ4n) is 3.02. The average Bonchev–Trinajstić information content (AvgIpc) is 2.86. The molecule has 1 aromatic rings. The highest BCUT2D eigenvalue weighted by Gasteiger charge is 2.17. The topological polar surface area (TPSA) is 12.0 Å². The van der Waals surface area contributed by atoms with Crippen LogP contribution in [0.15, 0.2) is 18.2 Å². The summed E-state index contributed by atoms with van der Waals surface area (Å²) >= 11 is 2.18. The molecule has 0 heterocycles. The molecule has 1 aliphatic rings. The zero-order valence-electron chi connectivity index (χ0n) is 12.5. The van der Waals surface area contributed by atoms with E-state index in [0.717, 1.165) is 11.7 Å². The van der Waals surface area contributed by atoms with E-state index in [2.05, 4.69) is 56.2 Å². The van der Waals surface area contributed by atoms with Gasteiger partial charge in [0.15, 0.2) is 0 Å². The lowest BCUT2D eigenvalue weighted by Crippen LogP contribution is -2.30. The van der Waals surface area contributed by atoms with Gasteiger partial charge < -0.3 is 5.32 Å². The molecule has 1 nitrogen and oxygen atoms in total. The molecule has 0 aromatic heterocycles. The minimum atomic E-state index is 0.604. The van der Waals surface area contributed by atoms with E-state index in [-0.39, 0.29) is 0 Å². The Morgan fingerprint density at radius 2 is 1.79 bits per heavy atom. The van der Waals surface area contributed by atoms with Gasteiger partial charge in [0.1, 0.15) is 0 Å². The van der Waals surface area contributed by atoms with Gasteiger partial charge in [-0.25, -0.2) is 0 Å². The van der Waals surface area contributed by atoms with Gasteiger partial charge in [-0.2, -0.15) is 11.8 Å². The summed E-state index contributed by atoms with van der Waals surface area (Å²) in [5.74, 6) is 1.24. The third-order valence-corrected chi connectivity index (χ3v) is 5.54. The molecule has 0 aliphatic heterocycles. The number of likely N-dealkylation sites (N-methyl/N-ethyl adjacent to an activating group) is 1. The third-order valence-electron chi connectivity index (χ3n) is 4.01. The Bertz CT molecular complexity index is 376. The van der Waals surface area contributed by atoms with Crippen LogP contribution in [0.2, 0.25) is 0 Å². The maximum atomic E-state index is 3.49. The molecule has 2 heteroatoms. The first kappa shape index (κ1) is 14.9. The van der Waals surface area contributed by atoms with Gasteiger partial charge in [-0.3, -0.25) is 0 Å². The number of hydrogen-bond acceptors (Lipinski definition) is 2. The lowest BCUT2D eigenvalue weighted by molar-refractivity contribution is 0.615. The quantitative estimate of drug-likeness (QED) is 0.840. The summed E-state index contributed by atoms with van der Waals surface area (Å²) in [5.41, 5.74) is 4.24. The van der Waals surface area contributed by atoms with Crippen LogP contribution < -0.4 is 5.32 Å². The van der Waals surface area contributed by atoms with E-state index < -0.39 is 0 Å². The molecule has 0 radical (unpaired) electrons. The van der Waals surface area contributed by atoms with Crippen molar-refractivity contribution in [3.8, 4) is 0 Å². The van der Waals surface area contributed by atoms with Crippen LogP contribution >= 0.6 is 11.8 Å². The average molecular weight is 277 g/mol. The smallest absolute Gasteiger partial charge is 0.0195 e. The largest absolute Gasteiger partial charge is 0.316 e. The van der Waals surface area contributed by atoms with Gasteiger partial charge in [-0.1, -0.05) is 42.2 Å². The maximum absolute atomic E-state index is 3.49. The van der Waals surface area contributed by atoms with Crippen LogP contribution in [0.3, 0.4) is 0 Å². The predicted octanol–water partition coefficient (Wildman–Crippen LogP) is 4.11. The summed E-state index contributed by atoms with van der Waals surface area (Å²) in [6.07, 6.45) is 6.91. The zero-order valence-corrected chi connectivity index (χ0v) is 13.4. The first-order chi connectivity index (χ1) is 9.17. The van der Waals surface area contributed by atoms with Crippen LogP contribution in [0.1, 0.15) is 42.4 Å². The fraction of sp³-hybridized carbons (Fsp3) is 0.647. The van der Waals surface area contributed by atoms with Crippen LogP contribution in [-0.2, 0) is 6.42 Å². The first-order valence-electron chi connectivity index (χ1n) is 7.53. The molecule has 19 heavy (non-hydrogen) atoms. The van der Waals surface area contributed by atoms with Crippen molar-refractivity contribution in [3.63, 3.8) is 0 Å². The van der Waals surface area contributed by atoms with Gasteiger partial charge >= 0.3 is 0 Å². The summed E-state index contributed by atoms with van der Waals surface area (Å²) in [5, 5.41) is 4.42. The Morgan fingerprint density at radius 3 is 2.37 bits per heavy atom. The highest BCUT2D eigenvalue weighted by atomic mass is 32.2. The summed E-state index contributed by atoms with van der Waals surface area (Å²) in [6, 6.07) is 7.52. The molecular weight excluding hydrogens is 250 g/mol. The van der Waals surface area contributed by atoms with Crippen LogP contribution in [-0.4, -0.2) is 24.1 Å². The monoisotopic (exact) mass is 277 g/mol. The molecule has 1 fully saturated rings. The van der Waals surface area contributed by atoms with Crippen molar-refractivity contribution < 1.29 is 0 Å². The van der Waals surface area contributed by atoms with E-state index in [9.17, 15) is 0 Å². The fourth-order valence-corrected chi connectivity index (χ4v) is 4.48. The number of nitrogens with one attached hydrogen (secondary N) is 1. The standard InChI is InChI=1S/C17H27NS/c1-13-8-14(2)10-15(9-13)11-16(18-3)12-19-17-6-4-5-7-17/h8-10,16-18H,4-7,11-12H2,1-3H3. The maximum Gasteiger partial charge on any atom is 0.0195 e. The molecule has 0 bridgehead atoms. The molecule has 1 aliphatic carbocycles. The van der Waals surface area contributed by atoms with Crippen molar-refractivity contribution in [3.05, 3.63) is 34.9 Å². The summed E-state index contributed by atoms with van der Waals surface area (Å²) < 4.78 is 0. The third kappa shape index (κ3) is 4.85. The molecule has 0 amide bonds. The molecule has 1 unspecified atom stereocenters. The lowest BCUT2D eigenvalue weighted by Gasteiger charge is -2.19. The number of hydrogen-bond donors (Lipinski definition) is 1. The highest BCUT2D eigenvalue weighted by Crippen LogP contribution is 2.30. The van der Waals surface area contributed by atoms with Gasteiger partial charge in [0.2, 0.25) is 0 Å². The number of rotatable bonds is 6. The molecule has 106 valence electrons. The van der Waals surface area contributed by atoms with Crippen molar-refractivity contribution in [2.24, 2.45) is 0 Å². The Hall–Kier alpha value is -0.470. The molecule has 1 aromatic carbocycles. The van der Waals surface area contributed by atoms with Gasteiger partial charge in [0.25, 0.3) is 0 Å². The Kier molecular flexibility index (Phi) is 5.77. The summed E-state index contributed by atoms with van der Waals surface area (Å²) in [7, 11) is 2.10. The molecular formula is C17H27NS. The molecule has 0 saturated heterocycles. The van der Waals surface area contributed by atoms with E-state index in [1.807, 2.05) is 0 Å². The molecule has 1 N–H and O–H groups in total. The van der Waals surface area contributed by atoms with E-state index in [1.165, 1.54) is 48.1 Å². The van der Waals surface area contributed by atoms with E-state index in [4.69, 9.17) is 0 Å². The second kappa shape index (κ2) is 7.35. The second-order valence-electron chi connectivity index (χ2n) is 5.93. The van der Waals surface area contributed by atoms with Crippen molar-refractivity contribution in [2.45, 2.75) is 57.2 Å². The van der Waals surface area contributed by atoms with Gasteiger partial charge in [0, 0.05) is 17.0 Å². The van der Waals surface area contributed by atoms with Gasteiger partial charge in [-0.15, -0.1) is 0 Å². The first-order valence-corrected chi connectivity index (χ1v) is 8.58. The van der Waals surface area contributed by atoms with Crippen molar-refractivity contribution >= 4 is 11.8 Å². The van der Waals surface area contributed by atoms with E-state index >= 15 is 0 Å². The summed E-state index contributed by atoms with van der Waals surface area (Å²) in [6.45, 7) is 4.39. The predicted molar refractivity (Wildman–Crippen MR) is 87.2 cm³/mol. The van der Waals surface area contributed by atoms with Crippen LogP contribution in [0.25, 0.3) is 0 Å². The van der Waals surface area contributed by atoms with Crippen molar-refractivity contribution in [1.82, 2.24) is 5.32 Å². The molecule has 1 atom stereocenters. The zero-order chi connectivity index (χ0) is 13.7. The van der Waals surface area contributed by atoms with Gasteiger partial charge in [0.05, 0.1) is 0 Å². The van der Waals surface area contributed by atoms with E-state index in [0.29, 0.717) is 6.04 Å². The minimum absolute atomic E-state index is 0.604. The Labute approximate surface area is 122 Å². The van der Waals surface area contributed by atoms with Crippen LogP contribution in [0.4, 0.5) is 0 Å². The molecule has 2 rings (SSSR count). The molecule has 0 spiro atoms. The number of benzene rings is 1. The summed E-state index contributed by atoms with van der Waals surface area (Å²) in [4.78, 5) is 0. The SMILES string of the molecule is CNC(CSC1CCCC1)Cc1cc(C)cc(C)c1. The minimum Gasteiger partial charge on any atom is -0.316 e. The lowest BCUT2D eigenvalue weighted by atomic mass is 10.0. The van der Waals surface area contributed by atoms with Crippen molar-refractivity contribution in [1.29, 1.82) is 0 Å². The number of aryl methyl sites for hydroxylation is 2. The second-order valence-corrected chi connectivity index (χ2v) is 7.26. The van der Waals surface area contributed by atoms with Crippen molar-refractivity contribution in [2.75, 3.05) is 12.8 Å². The molecule has 1 saturated carbocycles. The highest BCUT2D eigenvalue weighted by molar-refractivity contribution is 7.99. The van der Waals surface area contributed by atoms with Crippen LogP contribution in [0.5, 0.6) is 0 Å². The Balaban J connectivity index is 1.86. The van der Waals surface area contributed by atoms with E-state index in [1.54, 1.807) is 0 Å². The Morgan fingerprint density at radius 1 is 1.16 bits per heavy atom. The van der Waals surface area contributed by atoms with Gasteiger partial charge in [-0.05, 0) is 45.7 Å². The van der Waals surface area contributed by atoms with Crippen LogP contribution in [0, 0.1) is 13.8 Å².